The molecule has 0 saturated heterocycles. The van der Waals surface area contributed by atoms with Crippen molar-refractivity contribution in [3.8, 4) is 0 Å². The molecule has 2 heterocycles. The highest BCUT2D eigenvalue weighted by Gasteiger charge is 2.10. The zero-order valence-corrected chi connectivity index (χ0v) is 12.4. The van der Waals surface area contributed by atoms with E-state index in [2.05, 4.69) is 15.5 Å². The van der Waals surface area contributed by atoms with Crippen LogP contribution in [0.1, 0.15) is 24.3 Å². The minimum absolute atomic E-state index is 0.253. The van der Waals surface area contributed by atoms with Gasteiger partial charge in [-0.1, -0.05) is 0 Å². The summed E-state index contributed by atoms with van der Waals surface area (Å²) in [4.78, 5) is 23.3. The lowest BCUT2D eigenvalue weighted by Crippen LogP contribution is -2.23. The van der Waals surface area contributed by atoms with Crippen LogP contribution in [0.3, 0.4) is 0 Å². The third kappa shape index (κ3) is 4.30. The zero-order chi connectivity index (χ0) is 15.9. The third-order valence-electron chi connectivity index (χ3n) is 2.65. The summed E-state index contributed by atoms with van der Waals surface area (Å²) in [5.41, 5.74) is 0.647. The van der Waals surface area contributed by atoms with Gasteiger partial charge in [0.2, 0.25) is 0 Å². The van der Waals surface area contributed by atoms with Crippen LogP contribution < -0.4 is 5.32 Å². The van der Waals surface area contributed by atoms with Crippen LogP contribution in [-0.4, -0.2) is 38.0 Å². The van der Waals surface area contributed by atoms with Gasteiger partial charge in [-0.05, 0) is 26.0 Å². The van der Waals surface area contributed by atoms with E-state index in [9.17, 15) is 9.59 Å². The Bertz CT molecular complexity index is 672. The maximum Gasteiger partial charge on any atom is 0.332 e. The molecule has 0 aliphatic carbocycles. The van der Waals surface area contributed by atoms with E-state index in [0.717, 1.165) is 0 Å². The summed E-state index contributed by atoms with van der Waals surface area (Å²) in [6.07, 6.45) is 6.37. The van der Waals surface area contributed by atoms with Gasteiger partial charge in [0.25, 0.3) is 5.91 Å². The molecule has 0 saturated carbocycles. The smallest absolute Gasteiger partial charge is 0.332 e. The Morgan fingerprint density at radius 3 is 2.86 bits per heavy atom. The highest BCUT2D eigenvalue weighted by Crippen LogP contribution is 1.99. The largest absolute Gasteiger partial charge is 0.463 e. The lowest BCUT2D eigenvalue weighted by Gasteiger charge is -2.04. The van der Waals surface area contributed by atoms with Gasteiger partial charge in [-0.2, -0.15) is 10.2 Å². The van der Waals surface area contributed by atoms with Crippen LogP contribution in [0.5, 0.6) is 0 Å². The fourth-order valence-electron chi connectivity index (χ4n) is 1.73. The van der Waals surface area contributed by atoms with Crippen LogP contribution in [-0.2, 0) is 16.2 Å². The maximum absolute atomic E-state index is 12.0. The van der Waals surface area contributed by atoms with Gasteiger partial charge in [0.1, 0.15) is 6.67 Å². The molecule has 0 radical (unpaired) electrons. The first kappa shape index (κ1) is 15.5. The summed E-state index contributed by atoms with van der Waals surface area (Å²) in [7, 11) is 0. The van der Waals surface area contributed by atoms with Crippen molar-refractivity contribution >= 4 is 11.9 Å². The van der Waals surface area contributed by atoms with E-state index in [1.807, 2.05) is 0 Å². The Kier molecular flexibility index (Phi) is 5.07. The minimum Gasteiger partial charge on any atom is -0.463 e. The number of esters is 1. The standard InChI is InChI=1S/C14H17N5O3/c1-3-22-13(20)9-11(2)16-14(21)12-5-8-19(17-12)10-18-7-4-6-15-18/h4-9H,3,10H2,1-2H3,(H,16,21)/b11-9+. The quantitative estimate of drug-likeness (QED) is 0.629. The molecule has 0 spiro atoms. The van der Waals surface area contributed by atoms with E-state index in [1.165, 1.54) is 6.08 Å². The fraction of sp³-hybridized carbons (Fsp3) is 0.286. The predicted molar refractivity (Wildman–Crippen MR) is 77.7 cm³/mol. The molecule has 8 nitrogen and oxygen atoms in total. The number of hydrogen-bond donors (Lipinski definition) is 1. The number of amides is 1. The molecule has 2 aromatic rings. The lowest BCUT2D eigenvalue weighted by atomic mass is 10.3. The van der Waals surface area contributed by atoms with Crippen molar-refractivity contribution < 1.29 is 14.3 Å². The van der Waals surface area contributed by atoms with E-state index >= 15 is 0 Å². The monoisotopic (exact) mass is 303 g/mol. The summed E-state index contributed by atoms with van der Waals surface area (Å²) >= 11 is 0. The molecule has 1 N–H and O–H groups in total. The molecule has 0 atom stereocenters. The van der Waals surface area contributed by atoms with Gasteiger partial charge in [0, 0.05) is 30.4 Å². The highest BCUT2D eigenvalue weighted by molar-refractivity contribution is 5.94. The number of hydrogen-bond acceptors (Lipinski definition) is 5. The first-order valence-corrected chi connectivity index (χ1v) is 6.75. The Labute approximate surface area is 127 Å². The molecular formula is C14H17N5O3. The molecule has 0 bridgehead atoms. The van der Waals surface area contributed by atoms with Crippen molar-refractivity contribution in [1.82, 2.24) is 24.9 Å². The van der Waals surface area contributed by atoms with E-state index < -0.39 is 11.9 Å². The van der Waals surface area contributed by atoms with Crippen molar-refractivity contribution in [2.45, 2.75) is 20.5 Å². The number of allylic oxidation sites excluding steroid dienone is 1. The average Bonchev–Trinajstić information content (AvgIpc) is 3.10. The maximum atomic E-state index is 12.0. The summed E-state index contributed by atoms with van der Waals surface area (Å²) in [5, 5.41) is 10.8. The Morgan fingerprint density at radius 1 is 1.36 bits per heavy atom. The third-order valence-corrected chi connectivity index (χ3v) is 2.65. The average molecular weight is 303 g/mol. The number of nitrogens with zero attached hydrogens (tertiary/aromatic N) is 4. The van der Waals surface area contributed by atoms with Gasteiger partial charge >= 0.3 is 5.97 Å². The summed E-state index contributed by atoms with van der Waals surface area (Å²) in [6.45, 7) is 4.02. The van der Waals surface area contributed by atoms with Gasteiger partial charge in [-0.25, -0.2) is 4.79 Å². The zero-order valence-electron chi connectivity index (χ0n) is 12.4. The Hall–Kier alpha value is -2.90. The van der Waals surface area contributed by atoms with Crippen molar-refractivity contribution in [2.24, 2.45) is 0 Å². The van der Waals surface area contributed by atoms with Crippen LogP contribution in [0, 0.1) is 0 Å². The van der Waals surface area contributed by atoms with Crippen molar-refractivity contribution in [3.63, 3.8) is 0 Å². The summed E-state index contributed by atoms with van der Waals surface area (Å²) < 4.78 is 8.04. The Balaban J connectivity index is 1.95. The Morgan fingerprint density at radius 2 is 2.18 bits per heavy atom. The van der Waals surface area contributed by atoms with E-state index in [4.69, 9.17) is 4.74 Å². The van der Waals surface area contributed by atoms with Crippen LogP contribution in [0.4, 0.5) is 0 Å². The number of carbonyl (C=O) groups excluding carboxylic acids is 2. The number of ether oxygens (including phenoxy) is 1. The van der Waals surface area contributed by atoms with Crippen LogP contribution in [0.15, 0.2) is 42.5 Å². The van der Waals surface area contributed by atoms with E-state index in [1.54, 1.807) is 53.9 Å². The number of rotatable bonds is 6. The highest BCUT2D eigenvalue weighted by atomic mass is 16.5. The first-order valence-electron chi connectivity index (χ1n) is 6.75. The minimum atomic E-state index is -0.496. The second-order valence-corrected chi connectivity index (χ2v) is 4.46. The molecule has 0 fully saturated rings. The molecule has 0 aliphatic heterocycles. The van der Waals surface area contributed by atoms with Crippen molar-refractivity contribution in [3.05, 3.63) is 48.2 Å². The van der Waals surface area contributed by atoms with Crippen LogP contribution in [0.25, 0.3) is 0 Å². The van der Waals surface area contributed by atoms with Crippen LogP contribution >= 0.6 is 0 Å². The molecule has 8 heteroatoms. The molecule has 0 aromatic carbocycles. The molecule has 2 rings (SSSR count). The van der Waals surface area contributed by atoms with Gasteiger partial charge in [0.05, 0.1) is 6.61 Å². The molecule has 1 amide bonds. The van der Waals surface area contributed by atoms with Crippen LogP contribution in [0.2, 0.25) is 0 Å². The summed E-state index contributed by atoms with van der Waals surface area (Å²) in [6, 6.07) is 3.40. The van der Waals surface area contributed by atoms with E-state index in [0.29, 0.717) is 12.4 Å². The number of nitrogens with one attached hydrogen (secondary N) is 1. The molecule has 22 heavy (non-hydrogen) atoms. The number of aromatic nitrogens is 4. The topological polar surface area (TPSA) is 91.0 Å². The predicted octanol–water partition coefficient (Wildman–Crippen LogP) is 0.782. The van der Waals surface area contributed by atoms with Crippen molar-refractivity contribution in [2.75, 3.05) is 6.61 Å². The normalized spacial score (nSPS) is 11.3. The molecule has 0 aliphatic rings. The fourth-order valence-corrected chi connectivity index (χ4v) is 1.73. The SMILES string of the molecule is CCOC(=O)/C=C(\C)NC(=O)c1ccn(Cn2cccn2)n1. The van der Waals surface area contributed by atoms with Gasteiger partial charge < -0.3 is 10.1 Å². The molecule has 0 unspecified atom stereocenters. The number of carbonyl (C=O) groups is 2. The van der Waals surface area contributed by atoms with Gasteiger partial charge in [-0.3, -0.25) is 14.2 Å². The van der Waals surface area contributed by atoms with E-state index in [-0.39, 0.29) is 12.3 Å². The molecular weight excluding hydrogens is 286 g/mol. The second-order valence-electron chi connectivity index (χ2n) is 4.46. The lowest BCUT2D eigenvalue weighted by molar-refractivity contribution is -0.137. The molecule has 2 aromatic heterocycles. The second kappa shape index (κ2) is 7.21. The van der Waals surface area contributed by atoms with Gasteiger partial charge in [0.15, 0.2) is 5.69 Å². The van der Waals surface area contributed by atoms with Crippen molar-refractivity contribution in [1.29, 1.82) is 0 Å². The first-order chi connectivity index (χ1) is 10.6. The van der Waals surface area contributed by atoms with Gasteiger partial charge in [-0.15, -0.1) is 0 Å². The molecule has 116 valence electrons. The summed E-state index contributed by atoms with van der Waals surface area (Å²) in [5.74, 6) is -0.887.